The molecule has 2 N–H and O–H groups in total. The summed E-state index contributed by atoms with van der Waals surface area (Å²) in [6, 6.07) is 8.12. The number of nitrogens with one attached hydrogen (secondary N) is 1. The number of aliphatic hydroxyl groups is 1. The number of carbonyl (C=O) groups excluding carboxylic acids is 1. The summed E-state index contributed by atoms with van der Waals surface area (Å²) in [5.74, 6) is 0.436. The minimum atomic E-state index is -1.29. The molecule has 6 heteroatoms. The molecule has 0 aliphatic heterocycles. The summed E-state index contributed by atoms with van der Waals surface area (Å²) < 4.78 is 10.6. The van der Waals surface area contributed by atoms with E-state index in [9.17, 15) is 9.90 Å². The molecule has 1 atom stereocenters. The van der Waals surface area contributed by atoms with Gasteiger partial charge in [0.15, 0.2) is 0 Å². The van der Waals surface area contributed by atoms with Crippen LogP contribution in [-0.4, -0.2) is 24.2 Å². The second-order valence-electron chi connectivity index (χ2n) is 5.01. The first-order valence-corrected chi connectivity index (χ1v) is 7.28. The topological polar surface area (TPSA) is 71.7 Å². The van der Waals surface area contributed by atoms with Crippen LogP contribution in [0.5, 0.6) is 5.75 Å². The zero-order chi connectivity index (χ0) is 16.2. The minimum absolute atomic E-state index is 0.00748. The normalized spacial score (nSPS) is 13.5. The highest BCUT2D eigenvalue weighted by Gasteiger charge is 2.27. The number of amides is 1. The van der Waals surface area contributed by atoms with Crippen LogP contribution < -0.4 is 10.1 Å². The average molecular weight is 324 g/mol. The SMILES string of the molecule is CCOc1cc(Cl)ccc1C(=O)NCC(C)(O)c1ccco1. The molecule has 0 spiro atoms. The maximum Gasteiger partial charge on any atom is 0.255 e. The van der Waals surface area contributed by atoms with Crippen LogP contribution in [0.15, 0.2) is 41.0 Å². The predicted octanol–water partition coefficient (Wildman–Crippen LogP) is 2.97. The van der Waals surface area contributed by atoms with E-state index in [0.717, 1.165) is 0 Å². The van der Waals surface area contributed by atoms with Crippen LogP contribution in [0.3, 0.4) is 0 Å². The molecule has 0 aliphatic rings. The molecular formula is C16H18ClNO4. The standard InChI is InChI=1S/C16H18ClNO4/c1-3-21-13-9-11(17)6-7-12(13)15(19)18-10-16(2,20)14-5-4-8-22-14/h4-9,20H,3,10H2,1-2H3,(H,18,19). The Hall–Kier alpha value is -1.98. The number of hydrogen-bond acceptors (Lipinski definition) is 4. The van der Waals surface area contributed by atoms with Crippen molar-refractivity contribution in [2.24, 2.45) is 0 Å². The van der Waals surface area contributed by atoms with Crippen molar-refractivity contribution in [1.29, 1.82) is 0 Å². The molecule has 0 saturated carbocycles. The molecule has 1 amide bonds. The summed E-state index contributed by atoms with van der Waals surface area (Å²) in [7, 11) is 0. The van der Waals surface area contributed by atoms with Crippen molar-refractivity contribution in [2.45, 2.75) is 19.4 Å². The molecule has 0 bridgehead atoms. The summed E-state index contributed by atoms with van der Waals surface area (Å²) in [6.07, 6.45) is 1.47. The van der Waals surface area contributed by atoms with Gasteiger partial charge in [0, 0.05) is 5.02 Å². The Kier molecular flexibility index (Phi) is 5.11. The molecule has 2 aromatic rings. The summed E-state index contributed by atoms with van der Waals surface area (Å²) in [5.41, 5.74) is -0.932. The fraction of sp³-hybridized carbons (Fsp3) is 0.312. The van der Waals surface area contributed by atoms with Crippen LogP contribution in [0.1, 0.15) is 30.0 Å². The summed E-state index contributed by atoms with van der Waals surface area (Å²) in [6.45, 7) is 3.82. The van der Waals surface area contributed by atoms with E-state index in [-0.39, 0.29) is 12.5 Å². The van der Waals surface area contributed by atoms with Gasteiger partial charge < -0.3 is 19.6 Å². The van der Waals surface area contributed by atoms with Crippen LogP contribution in [0.4, 0.5) is 0 Å². The number of rotatable bonds is 6. The van der Waals surface area contributed by atoms with Gasteiger partial charge in [-0.2, -0.15) is 0 Å². The molecule has 0 aliphatic carbocycles. The van der Waals surface area contributed by atoms with Crippen molar-refractivity contribution in [3.8, 4) is 5.75 Å². The van der Waals surface area contributed by atoms with E-state index in [2.05, 4.69) is 5.32 Å². The Morgan fingerprint density at radius 3 is 2.86 bits per heavy atom. The number of carbonyl (C=O) groups is 1. The molecule has 1 aromatic carbocycles. The third kappa shape index (κ3) is 3.81. The second kappa shape index (κ2) is 6.85. The van der Waals surface area contributed by atoms with Crippen molar-refractivity contribution in [3.63, 3.8) is 0 Å². The van der Waals surface area contributed by atoms with Gasteiger partial charge in [-0.15, -0.1) is 0 Å². The lowest BCUT2D eigenvalue weighted by atomic mass is 10.0. The average Bonchev–Trinajstić information content (AvgIpc) is 3.00. The van der Waals surface area contributed by atoms with E-state index in [1.165, 1.54) is 6.26 Å². The monoisotopic (exact) mass is 323 g/mol. The first kappa shape index (κ1) is 16.4. The lowest BCUT2D eigenvalue weighted by Gasteiger charge is -2.21. The van der Waals surface area contributed by atoms with E-state index in [4.69, 9.17) is 20.8 Å². The molecule has 22 heavy (non-hydrogen) atoms. The molecule has 1 heterocycles. The highest BCUT2D eigenvalue weighted by molar-refractivity contribution is 6.30. The van der Waals surface area contributed by atoms with Gasteiger partial charge in [-0.1, -0.05) is 11.6 Å². The van der Waals surface area contributed by atoms with E-state index in [0.29, 0.717) is 28.7 Å². The van der Waals surface area contributed by atoms with E-state index in [1.807, 2.05) is 6.92 Å². The Morgan fingerprint density at radius 1 is 1.45 bits per heavy atom. The Bertz CT molecular complexity index is 638. The fourth-order valence-electron chi connectivity index (χ4n) is 1.98. The maximum absolute atomic E-state index is 12.3. The smallest absolute Gasteiger partial charge is 0.255 e. The molecule has 0 radical (unpaired) electrons. The number of benzene rings is 1. The Balaban J connectivity index is 2.10. The zero-order valence-electron chi connectivity index (χ0n) is 12.4. The first-order chi connectivity index (χ1) is 10.4. The van der Waals surface area contributed by atoms with Gasteiger partial charge in [0.1, 0.15) is 17.1 Å². The lowest BCUT2D eigenvalue weighted by molar-refractivity contribution is 0.0329. The van der Waals surface area contributed by atoms with Gasteiger partial charge in [-0.05, 0) is 44.2 Å². The maximum atomic E-state index is 12.3. The Morgan fingerprint density at radius 2 is 2.23 bits per heavy atom. The molecule has 118 valence electrons. The summed E-state index contributed by atoms with van der Waals surface area (Å²) in [4.78, 5) is 12.3. The van der Waals surface area contributed by atoms with E-state index < -0.39 is 5.60 Å². The predicted molar refractivity (Wildman–Crippen MR) is 83.2 cm³/mol. The van der Waals surface area contributed by atoms with Gasteiger partial charge in [0.2, 0.25) is 0 Å². The number of hydrogen-bond donors (Lipinski definition) is 2. The number of furan rings is 1. The van der Waals surface area contributed by atoms with Crippen molar-refractivity contribution >= 4 is 17.5 Å². The third-order valence-electron chi connectivity index (χ3n) is 3.13. The number of halogens is 1. The molecular weight excluding hydrogens is 306 g/mol. The molecule has 0 fully saturated rings. The number of ether oxygens (including phenoxy) is 1. The van der Waals surface area contributed by atoms with E-state index in [1.54, 1.807) is 37.3 Å². The largest absolute Gasteiger partial charge is 0.493 e. The molecule has 1 unspecified atom stereocenters. The van der Waals surface area contributed by atoms with Gasteiger partial charge >= 0.3 is 0 Å². The summed E-state index contributed by atoms with van der Waals surface area (Å²) >= 11 is 5.91. The third-order valence-corrected chi connectivity index (χ3v) is 3.37. The first-order valence-electron chi connectivity index (χ1n) is 6.91. The van der Waals surface area contributed by atoms with Crippen molar-refractivity contribution in [2.75, 3.05) is 13.2 Å². The van der Waals surface area contributed by atoms with Crippen LogP contribution >= 0.6 is 11.6 Å². The lowest BCUT2D eigenvalue weighted by Crippen LogP contribution is -2.38. The summed E-state index contributed by atoms with van der Waals surface area (Å²) in [5, 5.41) is 13.5. The molecule has 5 nitrogen and oxygen atoms in total. The van der Waals surface area contributed by atoms with Gasteiger partial charge in [0.25, 0.3) is 5.91 Å². The van der Waals surface area contributed by atoms with Crippen LogP contribution in [0, 0.1) is 0 Å². The van der Waals surface area contributed by atoms with Crippen LogP contribution in [0.25, 0.3) is 0 Å². The van der Waals surface area contributed by atoms with Gasteiger partial charge in [-0.25, -0.2) is 0 Å². The highest BCUT2D eigenvalue weighted by atomic mass is 35.5. The van der Waals surface area contributed by atoms with Crippen LogP contribution in [-0.2, 0) is 5.60 Å². The van der Waals surface area contributed by atoms with Crippen molar-refractivity contribution < 1.29 is 19.1 Å². The fourth-order valence-corrected chi connectivity index (χ4v) is 2.14. The highest BCUT2D eigenvalue weighted by Crippen LogP contribution is 2.24. The Labute approximate surface area is 133 Å². The molecule has 0 saturated heterocycles. The van der Waals surface area contributed by atoms with Crippen molar-refractivity contribution in [3.05, 3.63) is 52.9 Å². The second-order valence-corrected chi connectivity index (χ2v) is 5.44. The zero-order valence-corrected chi connectivity index (χ0v) is 13.2. The van der Waals surface area contributed by atoms with Crippen LogP contribution in [0.2, 0.25) is 5.02 Å². The quantitative estimate of drug-likeness (QED) is 0.857. The van der Waals surface area contributed by atoms with Gasteiger partial charge in [-0.3, -0.25) is 4.79 Å². The molecule has 2 rings (SSSR count). The van der Waals surface area contributed by atoms with E-state index >= 15 is 0 Å². The minimum Gasteiger partial charge on any atom is -0.493 e. The van der Waals surface area contributed by atoms with Crippen molar-refractivity contribution in [1.82, 2.24) is 5.32 Å². The molecule has 1 aromatic heterocycles. The van der Waals surface area contributed by atoms with Gasteiger partial charge in [0.05, 0.1) is 25.0 Å².